The second-order valence-electron chi connectivity index (χ2n) is 4.53. The highest BCUT2D eigenvalue weighted by Crippen LogP contribution is 2.04. The summed E-state index contributed by atoms with van der Waals surface area (Å²) in [5, 5.41) is 0. The third-order valence-corrected chi connectivity index (χ3v) is 4.21. The lowest BCUT2D eigenvalue weighted by molar-refractivity contribution is 0.128. The molecule has 0 atom stereocenters. The maximum Gasteiger partial charge on any atom is 0.211 e. The van der Waals surface area contributed by atoms with Crippen LogP contribution in [-0.4, -0.2) is 33.9 Å². The summed E-state index contributed by atoms with van der Waals surface area (Å²) in [5.41, 5.74) is 0. The van der Waals surface area contributed by atoms with Crippen LogP contribution in [-0.2, 0) is 14.8 Å². The molecule has 0 aliphatic heterocycles. The van der Waals surface area contributed by atoms with Crippen LogP contribution in [0.25, 0.3) is 0 Å². The van der Waals surface area contributed by atoms with E-state index in [1.165, 1.54) is 32.1 Å². The van der Waals surface area contributed by atoms with Crippen LogP contribution < -0.4 is 4.72 Å². The van der Waals surface area contributed by atoms with Crippen LogP contribution in [0.15, 0.2) is 0 Å². The van der Waals surface area contributed by atoms with Gasteiger partial charge in [-0.05, 0) is 19.8 Å². The van der Waals surface area contributed by atoms with Crippen LogP contribution in [0.2, 0.25) is 0 Å². The van der Waals surface area contributed by atoms with Gasteiger partial charge in [0, 0.05) is 19.8 Å². The molecule has 0 aromatic heterocycles. The molecule has 0 fully saturated rings. The monoisotopic (exact) mass is 279 g/mol. The second-order valence-corrected chi connectivity index (χ2v) is 6.63. The average molecular weight is 279 g/mol. The fraction of sp³-hybridized carbons (Fsp3) is 1.00. The molecule has 0 radical (unpaired) electrons. The number of hydrogen-bond donors (Lipinski definition) is 1. The first-order chi connectivity index (χ1) is 8.62. The van der Waals surface area contributed by atoms with E-state index in [1.54, 1.807) is 6.92 Å². The predicted octanol–water partition coefficient (Wildman–Crippen LogP) is 2.69. The Bertz CT molecular complexity index is 265. The molecule has 0 aromatic carbocycles. The van der Waals surface area contributed by atoms with Gasteiger partial charge in [0.15, 0.2) is 0 Å². The molecule has 0 heterocycles. The molecular weight excluding hydrogens is 250 g/mol. The highest BCUT2D eigenvalue weighted by Gasteiger charge is 2.03. The first kappa shape index (κ1) is 17.9. The first-order valence-corrected chi connectivity index (χ1v) is 8.82. The van der Waals surface area contributed by atoms with Gasteiger partial charge < -0.3 is 4.74 Å². The van der Waals surface area contributed by atoms with Gasteiger partial charge in [0.25, 0.3) is 0 Å². The summed E-state index contributed by atoms with van der Waals surface area (Å²) in [6.07, 6.45) is 8.34. The molecule has 0 aliphatic rings. The molecule has 0 unspecified atom stereocenters. The number of rotatable bonds is 13. The SMILES string of the molecule is CCCCCCCCOCCCNS(=O)(=O)CC. The van der Waals surface area contributed by atoms with Crippen molar-refractivity contribution in [1.82, 2.24) is 4.72 Å². The zero-order chi connectivity index (χ0) is 13.7. The Labute approximate surface area is 113 Å². The molecule has 0 rings (SSSR count). The lowest BCUT2D eigenvalue weighted by Gasteiger charge is -2.05. The van der Waals surface area contributed by atoms with Crippen LogP contribution in [0, 0.1) is 0 Å². The van der Waals surface area contributed by atoms with Crippen LogP contribution in [0.4, 0.5) is 0 Å². The van der Waals surface area contributed by atoms with E-state index in [4.69, 9.17) is 4.74 Å². The van der Waals surface area contributed by atoms with E-state index in [0.717, 1.165) is 19.4 Å². The molecule has 110 valence electrons. The lowest BCUT2D eigenvalue weighted by atomic mass is 10.1. The zero-order valence-corrected chi connectivity index (χ0v) is 12.7. The van der Waals surface area contributed by atoms with Crippen LogP contribution in [0.3, 0.4) is 0 Å². The largest absolute Gasteiger partial charge is 0.381 e. The number of sulfonamides is 1. The van der Waals surface area contributed by atoms with Gasteiger partial charge in [0.2, 0.25) is 10.0 Å². The van der Waals surface area contributed by atoms with Crippen LogP contribution in [0.1, 0.15) is 58.8 Å². The van der Waals surface area contributed by atoms with Crippen molar-refractivity contribution >= 4 is 10.0 Å². The summed E-state index contributed by atoms with van der Waals surface area (Å²) in [6.45, 7) is 5.77. The molecule has 0 aromatic rings. The average Bonchev–Trinajstić information content (AvgIpc) is 2.36. The molecule has 5 heteroatoms. The second kappa shape index (κ2) is 11.9. The Hall–Kier alpha value is -0.130. The van der Waals surface area contributed by atoms with E-state index >= 15 is 0 Å². The molecule has 1 N–H and O–H groups in total. The summed E-state index contributed by atoms with van der Waals surface area (Å²) in [7, 11) is -3.04. The summed E-state index contributed by atoms with van der Waals surface area (Å²) < 4.78 is 30.2. The van der Waals surface area contributed by atoms with Crippen molar-refractivity contribution in [1.29, 1.82) is 0 Å². The highest BCUT2D eigenvalue weighted by atomic mass is 32.2. The first-order valence-electron chi connectivity index (χ1n) is 7.17. The number of ether oxygens (including phenoxy) is 1. The standard InChI is InChI=1S/C13H29NO3S/c1-3-5-6-7-8-9-12-17-13-10-11-14-18(15,16)4-2/h14H,3-13H2,1-2H3. The molecule has 0 amide bonds. The molecule has 0 aliphatic carbocycles. The Morgan fingerprint density at radius 1 is 0.889 bits per heavy atom. The van der Waals surface area contributed by atoms with E-state index in [-0.39, 0.29) is 5.75 Å². The van der Waals surface area contributed by atoms with Crippen molar-refractivity contribution in [2.45, 2.75) is 58.8 Å². The minimum absolute atomic E-state index is 0.144. The van der Waals surface area contributed by atoms with E-state index < -0.39 is 10.0 Å². The summed E-state index contributed by atoms with van der Waals surface area (Å²) in [4.78, 5) is 0. The molecule has 0 saturated heterocycles. The molecule has 0 spiro atoms. The summed E-state index contributed by atoms with van der Waals surface area (Å²) in [6, 6.07) is 0. The Morgan fingerprint density at radius 3 is 2.17 bits per heavy atom. The van der Waals surface area contributed by atoms with E-state index in [0.29, 0.717) is 13.2 Å². The van der Waals surface area contributed by atoms with Gasteiger partial charge in [-0.15, -0.1) is 0 Å². The predicted molar refractivity (Wildman–Crippen MR) is 76.3 cm³/mol. The summed E-state index contributed by atoms with van der Waals surface area (Å²) in [5.74, 6) is 0.144. The quantitative estimate of drug-likeness (QED) is 0.527. The van der Waals surface area contributed by atoms with Crippen molar-refractivity contribution in [3.8, 4) is 0 Å². The Kier molecular flexibility index (Phi) is 11.8. The van der Waals surface area contributed by atoms with Gasteiger partial charge in [0.05, 0.1) is 5.75 Å². The van der Waals surface area contributed by atoms with E-state index in [1.807, 2.05) is 0 Å². The minimum atomic E-state index is -3.04. The van der Waals surface area contributed by atoms with Crippen molar-refractivity contribution in [2.75, 3.05) is 25.5 Å². The van der Waals surface area contributed by atoms with E-state index in [9.17, 15) is 8.42 Å². The maximum absolute atomic E-state index is 11.1. The minimum Gasteiger partial charge on any atom is -0.381 e. The van der Waals surface area contributed by atoms with Crippen molar-refractivity contribution < 1.29 is 13.2 Å². The van der Waals surface area contributed by atoms with Crippen molar-refractivity contribution in [3.63, 3.8) is 0 Å². The maximum atomic E-state index is 11.1. The van der Waals surface area contributed by atoms with Gasteiger partial charge in [-0.1, -0.05) is 39.0 Å². The van der Waals surface area contributed by atoms with Crippen LogP contribution in [0.5, 0.6) is 0 Å². The van der Waals surface area contributed by atoms with Gasteiger partial charge >= 0.3 is 0 Å². The zero-order valence-electron chi connectivity index (χ0n) is 11.9. The Balaban J connectivity index is 3.12. The fourth-order valence-electron chi connectivity index (χ4n) is 1.59. The van der Waals surface area contributed by atoms with Gasteiger partial charge in [-0.25, -0.2) is 13.1 Å². The third-order valence-electron chi connectivity index (χ3n) is 2.81. The summed E-state index contributed by atoms with van der Waals surface area (Å²) >= 11 is 0. The molecule has 18 heavy (non-hydrogen) atoms. The van der Waals surface area contributed by atoms with Gasteiger partial charge in [0.1, 0.15) is 0 Å². The van der Waals surface area contributed by atoms with Crippen LogP contribution >= 0.6 is 0 Å². The van der Waals surface area contributed by atoms with E-state index in [2.05, 4.69) is 11.6 Å². The third kappa shape index (κ3) is 12.3. The van der Waals surface area contributed by atoms with Crippen molar-refractivity contribution in [3.05, 3.63) is 0 Å². The van der Waals surface area contributed by atoms with Crippen molar-refractivity contribution in [2.24, 2.45) is 0 Å². The molecular formula is C13H29NO3S. The number of hydrogen-bond acceptors (Lipinski definition) is 3. The smallest absolute Gasteiger partial charge is 0.211 e. The Morgan fingerprint density at radius 2 is 1.50 bits per heavy atom. The lowest BCUT2D eigenvalue weighted by Crippen LogP contribution is -2.26. The highest BCUT2D eigenvalue weighted by molar-refractivity contribution is 7.89. The topological polar surface area (TPSA) is 55.4 Å². The normalized spacial score (nSPS) is 11.9. The molecule has 4 nitrogen and oxygen atoms in total. The van der Waals surface area contributed by atoms with Gasteiger partial charge in [-0.3, -0.25) is 0 Å². The molecule has 0 bridgehead atoms. The number of unbranched alkanes of at least 4 members (excludes halogenated alkanes) is 5. The number of nitrogens with one attached hydrogen (secondary N) is 1. The van der Waals surface area contributed by atoms with Gasteiger partial charge in [-0.2, -0.15) is 0 Å². The molecule has 0 saturated carbocycles. The fourth-order valence-corrected chi connectivity index (χ4v) is 2.25.